The van der Waals surface area contributed by atoms with Gasteiger partial charge in [0.25, 0.3) is 0 Å². The molecule has 1 aliphatic rings. The van der Waals surface area contributed by atoms with E-state index in [1.165, 1.54) is 24.0 Å². The van der Waals surface area contributed by atoms with Gasteiger partial charge in [-0.25, -0.2) is 9.97 Å². The standard InChI is InChI=1S/C26H28N4O2/c1-17-14-18(2)28-26(27-17)30-23-9-5-8-22(16-23)29-25(32)13-12-24(31)21-11-10-19-6-3-4-7-20(19)15-21/h5,8-11,14-16H,3-4,6-7,12-13H2,1-2H3,(H,29,32)(H,27,28,30). The van der Waals surface area contributed by atoms with Crippen LogP contribution in [-0.2, 0) is 17.6 Å². The highest BCUT2D eigenvalue weighted by molar-refractivity contribution is 6.00. The van der Waals surface area contributed by atoms with Crippen molar-refractivity contribution in [2.45, 2.75) is 52.4 Å². The van der Waals surface area contributed by atoms with Crippen LogP contribution in [0.4, 0.5) is 17.3 Å². The Morgan fingerprint density at radius 2 is 1.56 bits per heavy atom. The van der Waals surface area contributed by atoms with E-state index in [-0.39, 0.29) is 24.5 Å². The van der Waals surface area contributed by atoms with Gasteiger partial charge in [-0.2, -0.15) is 0 Å². The zero-order valence-corrected chi connectivity index (χ0v) is 18.6. The molecule has 164 valence electrons. The predicted octanol–water partition coefficient (Wildman–Crippen LogP) is 5.32. The number of carbonyl (C=O) groups is 2. The van der Waals surface area contributed by atoms with Crippen LogP contribution in [0, 0.1) is 13.8 Å². The Labute approximate surface area is 188 Å². The summed E-state index contributed by atoms with van der Waals surface area (Å²) in [7, 11) is 0. The number of nitrogens with one attached hydrogen (secondary N) is 2. The van der Waals surface area contributed by atoms with Gasteiger partial charge in [0.15, 0.2) is 5.78 Å². The maximum atomic E-state index is 12.6. The number of hydrogen-bond donors (Lipinski definition) is 2. The average molecular weight is 429 g/mol. The first kappa shape index (κ1) is 21.7. The molecule has 4 rings (SSSR count). The summed E-state index contributed by atoms with van der Waals surface area (Å²) in [5, 5.41) is 6.04. The molecule has 1 aromatic heterocycles. The number of anilines is 3. The molecule has 0 atom stereocenters. The van der Waals surface area contributed by atoms with E-state index in [0.29, 0.717) is 17.2 Å². The van der Waals surface area contributed by atoms with Gasteiger partial charge in [0, 0.05) is 41.2 Å². The lowest BCUT2D eigenvalue weighted by Gasteiger charge is -2.16. The van der Waals surface area contributed by atoms with Gasteiger partial charge in [0.05, 0.1) is 0 Å². The van der Waals surface area contributed by atoms with Crippen LogP contribution in [0.5, 0.6) is 0 Å². The molecule has 2 N–H and O–H groups in total. The third-order valence-electron chi connectivity index (χ3n) is 5.63. The summed E-state index contributed by atoms with van der Waals surface area (Å²) in [6.07, 6.45) is 4.86. The van der Waals surface area contributed by atoms with Crippen LogP contribution in [-0.4, -0.2) is 21.7 Å². The van der Waals surface area contributed by atoms with E-state index in [1.807, 2.05) is 56.3 Å². The Hall–Kier alpha value is -3.54. The Bertz CT molecular complexity index is 1140. The van der Waals surface area contributed by atoms with E-state index in [4.69, 9.17) is 0 Å². The SMILES string of the molecule is Cc1cc(C)nc(Nc2cccc(NC(=O)CCC(=O)c3ccc4c(c3)CCCC4)c2)n1. The van der Waals surface area contributed by atoms with E-state index >= 15 is 0 Å². The van der Waals surface area contributed by atoms with Crippen molar-refractivity contribution >= 4 is 29.0 Å². The number of hydrogen-bond acceptors (Lipinski definition) is 5. The molecule has 6 nitrogen and oxygen atoms in total. The number of amides is 1. The van der Waals surface area contributed by atoms with Gasteiger partial charge in [-0.05, 0) is 81.0 Å². The second kappa shape index (κ2) is 9.73. The van der Waals surface area contributed by atoms with Crippen LogP contribution in [0.25, 0.3) is 0 Å². The average Bonchev–Trinajstić information content (AvgIpc) is 2.76. The minimum absolute atomic E-state index is 0.0101. The van der Waals surface area contributed by atoms with Gasteiger partial charge in [-0.15, -0.1) is 0 Å². The molecule has 0 saturated heterocycles. The number of nitrogens with zero attached hydrogens (tertiary/aromatic N) is 2. The van der Waals surface area contributed by atoms with E-state index in [2.05, 4.69) is 26.7 Å². The van der Waals surface area contributed by atoms with E-state index in [0.717, 1.165) is 29.9 Å². The lowest BCUT2D eigenvalue weighted by atomic mass is 9.89. The molecular formula is C26H28N4O2. The van der Waals surface area contributed by atoms with Crippen molar-refractivity contribution in [2.75, 3.05) is 10.6 Å². The Morgan fingerprint density at radius 1 is 0.844 bits per heavy atom. The second-order valence-corrected chi connectivity index (χ2v) is 8.34. The first-order valence-electron chi connectivity index (χ1n) is 11.1. The summed E-state index contributed by atoms with van der Waals surface area (Å²) in [5.74, 6) is 0.341. The molecule has 0 saturated carbocycles. The summed E-state index contributed by atoms with van der Waals surface area (Å²) in [5.41, 5.74) is 6.54. The second-order valence-electron chi connectivity index (χ2n) is 8.34. The molecule has 2 aromatic carbocycles. The number of fused-ring (bicyclic) bond motifs is 1. The summed E-state index contributed by atoms with van der Waals surface area (Å²) in [6, 6.07) is 15.3. The van der Waals surface area contributed by atoms with Crippen LogP contribution in [0.2, 0.25) is 0 Å². The van der Waals surface area contributed by atoms with Gasteiger partial charge in [0.2, 0.25) is 11.9 Å². The van der Waals surface area contributed by atoms with Crippen LogP contribution in [0.15, 0.2) is 48.5 Å². The van der Waals surface area contributed by atoms with Crippen LogP contribution in [0.1, 0.15) is 58.6 Å². The number of aryl methyl sites for hydroxylation is 4. The third-order valence-corrected chi connectivity index (χ3v) is 5.63. The van der Waals surface area contributed by atoms with E-state index in [9.17, 15) is 9.59 Å². The Balaban J connectivity index is 1.33. The molecule has 0 unspecified atom stereocenters. The molecule has 3 aromatic rings. The summed E-state index contributed by atoms with van der Waals surface area (Å²) in [6.45, 7) is 3.84. The minimum Gasteiger partial charge on any atom is -0.326 e. The predicted molar refractivity (Wildman–Crippen MR) is 127 cm³/mol. The monoisotopic (exact) mass is 428 g/mol. The number of carbonyl (C=O) groups excluding carboxylic acids is 2. The van der Waals surface area contributed by atoms with Crippen molar-refractivity contribution in [3.8, 4) is 0 Å². The van der Waals surface area contributed by atoms with Crippen molar-refractivity contribution in [1.29, 1.82) is 0 Å². The van der Waals surface area contributed by atoms with Gasteiger partial charge >= 0.3 is 0 Å². The minimum atomic E-state index is -0.184. The molecule has 1 heterocycles. The zero-order valence-electron chi connectivity index (χ0n) is 18.6. The highest BCUT2D eigenvalue weighted by atomic mass is 16.2. The summed E-state index contributed by atoms with van der Waals surface area (Å²) >= 11 is 0. The molecular weight excluding hydrogens is 400 g/mol. The quantitative estimate of drug-likeness (QED) is 0.498. The smallest absolute Gasteiger partial charge is 0.227 e. The molecule has 1 amide bonds. The van der Waals surface area contributed by atoms with Gasteiger partial charge in [0.1, 0.15) is 0 Å². The topological polar surface area (TPSA) is 84.0 Å². The highest BCUT2D eigenvalue weighted by Gasteiger charge is 2.14. The Morgan fingerprint density at radius 3 is 2.34 bits per heavy atom. The van der Waals surface area contributed by atoms with Crippen molar-refractivity contribution in [1.82, 2.24) is 9.97 Å². The van der Waals surface area contributed by atoms with Gasteiger partial charge in [-0.3, -0.25) is 9.59 Å². The lowest BCUT2D eigenvalue weighted by Crippen LogP contribution is -2.14. The van der Waals surface area contributed by atoms with Crippen LogP contribution >= 0.6 is 0 Å². The zero-order chi connectivity index (χ0) is 22.5. The number of aromatic nitrogens is 2. The molecule has 1 aliphatic carbocycles. The van der Waals surface area contributed by atoms with Crippen molar-refractivity contribution in [3.63, 3.8) is 0 Å². The maximum absolute atomic E-state index is 12.6. The van der Waals surface area contributed by atoms with Crippen molar-refractivity contribution in [3.05, 3.63) is 76.6 Å². The largest absolute Gasteiger partial charge is 0.326 e. The first-order valence-corrected chi connectivity index (χ1v) is 11.1. The van der Waals surface area contributed by atoms with Crippen LogP contribution in [0.3, 0.4) is 0 Å². The normalized spacial score (nSPS) is 12.7. The number of ketones is 1. The van der Waals surface area contributed by atoms with Crippen molar-refractivity contribution < 1.29 is 9.59 Å². The maximum Gasteiger partial charge on any atom is 0.227 e. The molecule has 32 heavy (non-hydrogen) atoms. The van der Waals surface area contributed by atoms with Gasteiger partial charge < -0.3 is 10.6 Å². The number of benzene rings is 2. The van der Waals surface area contributed by atoms with Crippen LogP contribution < -0.4 is 10.6 Å². The van der Waals surface area contributed by atoms with E-state index < -0.39 is 0 Å². The third kappa shape index (κ3) is 5.58. The number of rotatable bonds is 7. The molecule has 6 heteroatoms. The first-order chi connectivity index (χ1) is 15.5. The van der Waals surface area contributed by atoms with E-state index in [1.54, 1.807) is 0 Å². The summed E-state index contributed by atoms with van der Waals surface area (Å²) < 4.78 is 0. The van der Waals surface area contributed by atoms with Crippen molar-refractivity contribution in [2.24, 2.45) is 0 Å². The molecule has 0 aliphatic heterocycles. The fourth-order valence-corrected chi connectivity index (χ4v) is 4.09. The van der Waals surface area contributed by atoms with Gasteiger partial charge in [-0.1, -0.05) is 18.2 Å². The fourth-order valence-electron chi connectivity index (χ4n) is 4.09. The lowest BCUT2D eigenvalue weighted by molar-refractivity contribution is -0.116. The molecule has 0 bridgehead atoms. The summed E-state index contributed by atoms with van der Waals surface area (Å²) in [4.78, 5) is 33.8. The molecule has 0 fully saturated rings. The molecule has 0 radical (unpaired) electrons. The number of Topliss-reactive ketones (excluding diaryl/α,β-unsaturated/α-hetero) is 1. The fraction of sp³-hybridized carbons (Fsp3) is 0.308. The highest BCUT2D eigenvalue weighted by Crippen LogP contribution is 2.23. The Kier molecular flexibility index (Phi) is 6.59. The molecule has 0 spiro atoms.